The fourth-order valence-electron chi connectivity index (χ4n) is 2.49. The van der Waals surface area contributed by atoms with E-state index in [0.29, 0.717) is 5.15 Å². The minimum Gasteiger partial charge on any atom is -0.276 e. The van der Waals surface area contributed by atoms with E-state index in [4.69, 9.17) is 11.6 Å². The molecule has 20 heavy (non-hydrogen) atoms. The van der Waals surface area contributed by atoms with Crippen LogP contribution in [0.25, 0.3) is 32.9 Å². The third kappa shape index (κ3) is 1.67. The largest absolute Gasteiger partial charge is 0.276 e. The summed E-state index contributed by atoms with van der Waals surface area (Å²) in [4.78, 5) is 4.50. The first kappa shape index (κ1) is 11.4. The highest BCUT2D eigenvalue weighted by atomic mass is 35.5. The van der Waals surface area contributed by atoms with Crippen LogP contribution in [-0.2, 0) is 0 Å². The maximum Gasteiger partial charge on any atom is 0.159 e. The topological polar surface area (TPSA) is 41.6 Å². The van der Waals surface area contributed by atoms with Crippen molar-refractivity contribution in [3.8, 4) is 11.1 Å². The molecule has 0 amide bonds. The first-order valence-electron chi connectivity index (χ1n) is 6.31. The zero-order chi connectivity index (χ0) is 13.5. The molecule has 0 saturated carbocycles. The van der Waals surface area contributed by atoms with E-state index in [9.17, 15) is 0 Å². The highest BCUT2D eigenvalue weighted by Crippen LogP contribution is 2.32. The SMILES string of the molecule is Clc1n[nH]c2cccc(-c3cnc4ccccc4c3)c12. The molecule has 2 aromatic carbocycles. The Morgan fingerprint density at radius 3 is 2.85 bits per heavy atom. The Morgan fingerprint density at radius 1 is 1.00 bits per heavy atom. The van der Waals surface area contributed by atoms with E-state index in [1.807, 2.05) is 42.6 Å². The van der Waals surface area contributed by atoms with Gasteiger partial charge in [-0.25, -0.2) is 0 Å². The summed E-state index contributed by atoms with van der Waals surface area (Å²) >= 11 is 6.18. The molecule has 3 nitrogen and oxygen atoms in total. The van der Waals surface area contributed by atoms with Crippen molar-refractivity contribution in [2.45, 2.75) is 0 Å². The van der Waals surface area contributed by atoms with Crippen molar-refractivity contribution in [2.75, 3.05) is 0 Å². The van der Waals surface area contributed by atoms with E-state index in [1.54, 1.807) is 0 Å². The molecule has 0 atom stereocenters. The van der Waals surface area contributed by atoms with Gasteiger partial charge in [0, 0.05) is 22.5 Å². The molecule has 0 aliphatic rings. The van der Waals surface area contributed by atoms with Gasteiger partial charge in [0.25, 0.3) is 0 Å². The van der Waals surface area contributed by atoms with Crippen LogP contribution >= 0.6 is 11.6 Å². The van der Waals surface area contributed by atoms with Crippen LogP contribution in [0.4, 0.5) is 0 Å². The van der Waals surface area contributed by atoms with Crippen molar-refractivity contribution in [1.82, 2.24) is 15.2 Å². The van der Waals surface area contributed by atoms with Crippen molar-refractivity contribution in [3.05, 3.63) is 59.9 Å². The van der Waals surface area contributed by atoms with Crippen molar-refractivity contribution >= 4 is 33.4 Å². The van der Waals surface area contributed by atoms with Gasteiger partial charge in [-0.05, 0) is 23.8 Å². The molecule has 0 aliphatic carbocycles. The summed E-state index contributed by atoms with van der Waals surface area (Å²) in [6.45, 7) is 0. The van der Waals surface area contributed by atoms with E-state index in [1.165, 1.54) is 0 Å². The Morgan fingerprint density at radius 2 is 1.90 bits per heavy atom. The molecule has 1 N–H and O–H groups in total. The summed E-state index contributed by atoms with van der Waals surface area (Å²) in [6.07, 6.45) is 1.88. The molecular formula is C16H10ClN3. The van der Waals surface area contributed by atoms with Crippen molar-refractivity contribution in [2.24, 2.45) is 0 Å². The Kier molecular flexibility index (Phi) is 2.47. The quantitative estimate of drug-likeness (QED) is 0.560. The molecule has 2 heterocycles. The normalized spacial score (nSPS) is 11.2. The zero-order valence-corrected chi connectivity index (χ0v) is 11.2. The van der Waals surface area contributed by atoms with Gasteiger partial charge in [-0.3, -0.25) is 10.1 Å². The Bertz CT molecular complexity index is 927. The highest BCUT2D eigenvalue weighted by molar-refractivity contribution is 6.35. The maximum absolute atomic E-state index is 6.18. The molecule has 0 unspecified atom stereocenters. The monoisotopic (exact) mass is 279 g/mol. The summed E-state index contributed by atoms with van der Waals surface area (Å²) in [5.74, 6) is 0. The predicted molar refractivity (Wildman–Crippen MR) is 81.8 cm³/mol. The first-order valence-corrected chi connectivity index (χ1v) is 6.68. The number of aromatic nitrogens is 3. The van der Waals surface area contributed by atoms with Crippen LogP contribution in [0.5, 0.6) is 0 Å². The van der Waals surface area contributed by atoms with Gasteiger partial charge in [0.2, 0.25) is 0 Å². The van der Waals surface area contributed by atoms with Crippen LogP contribution in [0.15, 0.2) is 54.7 Å². The number of benzene rings is 2. The number of pyridine rings is 1. The molecule has 0 fully saturated rings. The fraction of sp³-hybridized carbons (Fsp3) is 0. The third-order valence-corrected chi connectivity index (χ3v) is 3.72. The number of nitrogens with one attached hydrogen (secondary N) is 1. The van der Waals surface area contributed by atoms with Gasteiger partial charge in [0.05, 0.1) is 11.0 Å². The van der Waals surface area contributed by atoms with Crippen molar-refractivity contribution in [3.63, 3.8) is 0 Å². The lowest BCUT2D eigenvalue weighted by atomic mass is 10.0. The number of nitrogens with zero attached hydrogens (tertiary/aromatic N) is 2. The Hall–Kier alpha value is -2.39. The van der Waals surface area contributed by atoms with Crippen LogP contribution in [0.2, 0.25) is 5.15 Å². The predicted octanol–water partition coefficient (Wildman–Crippen LogP) is 4.43. The van der Waals surface area contributed by atoms with Crippen LogP contribution < -0.4 is 0 Å². The van der Waals surface area contributed by atoms with E-state index < -0.39 is 0 Å². The van der Waals surface area contributed by atoms with E-state index in [0.717, 1.165) is 32.9 Å². The summed E-state index contributed by atoms with van der Waals surface area (Å²) in [5.41, 5.74) is 4.00. The Labute approximate surface area is 120 Å². The lowest BCUT2D eigenvalue weighted by molar-refractivity contribution is 1.12. The second-order valence-corrected chi connectivity index (χ2v) is 5.02. The van der Waals surface area contributed by atoms with Gasteiger partial charge >= 0.3 is 0 Å². The molecule has 2 aromatic heterocycles. The van der Waals surface area contributed by atoms with Gasteiger partial charge in [-0.1, -0.05) is 41.9 Å². The number of halogens is 1. The fourth-order valence-corrected chi connectivity index (χ4v) is 2.74. The minimum atomic E-state index is 0.490. The molecule has 4 rings (SSSR count). The van der Waals surface area contributed by atoms with Gasteiger partial charge in [0.15, 0.2) is 5.15 Å². The minimum absolute atomic E-state index is 0.490. The average Bonchev–Trinajstić information content (AvgIpc) is 2.88. The molecule has 4 aromatic rings. The molecule has 96 valence electrons. The maximum atomic E-state index is 6.18. The van der Waals surface area contributed by atoms with E-state index in [-0.39, 0.29) is 0 Å². The molecular weight excluding hydrogens is 270 g/mol. The molecule has 0 radical (unpaired) electrons. The summed E-state index contributed by atoms with van der Waals surface area (Å²) in [5, 5.41) is 9.54. The lowest BCUT2D eigenvalue weighted by Gasteiger charge is -2.05. The molecule has 0 bridgehead atoms. The van der Waals surface area contributed by atoms with Gasteiger partial charge in [-0.15, -0.1) is 0 Å². The number of H-pyrrole nitrogens is 1. The second kappa shape index (κ2) is 4.32. The number of hydrogen-bond acceptors (Lipinski definition) is 2. The first-order chi connectivity index (χ1) is 9.83. The van der Waals surface area contributed by atoms with Gasteiger partial charge in [-0.2, -0.15) is 5.10 Å². The number of rotatable bonds is 1. The van der Waals surface area contributed by atoms with Crippen LogP contribution in [0.3, 0.4) is 0 Å². The van der Waals surface area contributed by atoms with E-state index in [2.05, 4.69) is 27.3 Å². The average molecular weight is 280 g/mol. The number of aromatic amines is 1. The number of hydrogen-bond donors (Lipinski definition) is 1. The van der Waals surface area contributed by atoms with Crippen LogP contribution in [0.1, 0.15) is 0 Å². The van der Waals surface area contributed by atoms with Crippen LogP contribution in [-0.4, -0.2) is 15.2 Å². The number of fused-ring (bicyclic) bond motifs is 2. The van der Waals surface area contributed by atoms with Gasteiger partial charge < -0.3 is 0 Å². The molecule has 0 aliphatic heterocycles. The van der Waals surface area contributed by atoms with Gasteiger partial charge in [0.1, 0.15) is 0 Å². The number of para-hydroxylation sites is 1. The summed E-state index contributed by atoms with van der Waals surface area (Å²) < 4.78 is 0. The molecule has 0 spiro atoms. The second-order valence-electron chi connectivity index (χ2n) is 4.66. The van der Waals surface area contributed by atoms with Crippen LogP contribution in [0, 0.1) is 0 Å². The van der Waals surface area contributed by atoms with E-state index >= 15 is 0 Å². The molecule has 4 heteroatoms. The zero-order valence-electron chi connectivity index (χ0n) is 10.5. The molecule has 0 saturated heterocycles. The Balaban J connectivity index is 2.03. The standard InChI is InChI=1S/C16H10ClN3/c17-16-15-12(5-3-7-14(15)19-20-16)11-8-10-4-1-2-6-13(10)18-9-11/h1-9H,(H,19,20). The van der Waals surface area contributed by atoms with Crippen molar-refractivity contribution < 1.29 is 0 Å². The summed E-state index contributed by atoms with van der Waals surface area (Å²) in [6, 6.07) is 16.2. The van der Waals surface area contributed by atoms with Crippen molar-refractivity contribution in [1.29, 1.82) is 0 Å². The smallest absolute Gasteiger partial charge is 0.159 e. The lowest BCUT2D eigenvalue weighted by Crippen LogP contribution is -1.84. The highest BCUT2D eigenvalue weighted by Gasteiger charge is 2.10. The third-order valence-electron chi connectivity index (χ3n) is 3.45. The summed E-state index contributed by atoms with van der Waals surface area (Å²) in [7, 11) is 0.